The molecule has 0 bridgehead atoms. The van der Waals surface area contributed by atoms with Crippen molar-refractivity contribution in [2.24, 2.45) is 0 Å². The zero-order chi connectivity index (χ0) is 18.3. The highest BCUT2D eigenvalue weighted by atomic mass is 16.5. The highest BCUT2D eigenvalue weighted by Gasteiger charge is 2.28. The van der Waals surface area contributed by atoms with Gasteiger partial charge in [-0.05, 0) is 23.0 Å². The van der Waals surface area contributed by atoms with Gasteiger partial charge >= 0.3 is 5.97 Å². The Kier molecular flexibility index (Phi) is 4.48. The molecular formula is C19H25NO4. The number of aromatic nitrogens is 1. The molecule has 0 radical (unpaired) electrons. The van der Waals surface area contributed by atoms with E-state index in [2.05, 4.69) is 9.72 Å². The van der Waals surface area contributed by atoms with Crippen molar-refractivity contribution in [3.05, 3.63) is 35.2 Å². The molecule has 0 saturated heterocycles. The van der Waals surface area contributed by atoms with Crippen LogP contribution in [0.2, 0.25) is 0 Å². The summed E-state index contributed by atoms with van der Waals surface area (Å²) in [6.07, 6.45) is 1.28. The van der Waals surface area contributed by atoms with E-state index in [1.54, 1.807) is 0 Å². The standard InChI is InChI=1S/C19H25NO4/c1-18(2,3)12-8-11(9-13(15(12)21)19(4,5)6)16-20-14(10-24-16)17(22)23-7/h8-10,21H,1-7H3. The molecule has 0 aliphatic carbocycles. The van der Waals surface area contributed by atoms with Gasteiger partial charge in [-0.2, -0.15) is 0 Å². The van der Waals surface area contributed by atoms with Crippen LogP contribution in [0.5, 0.6) is 5.75 Å². The van der Waals surface area contributed by atoms with Gasteiger partial charge in [0, 0.05) is 16.7 Å². The summed E-state index contributed by atoms with van der Waals surface area (Å²) in [4.78, 5) is 15.8. The lowest BCUT2D eigenvalue weighted by Crippen LogP contribution is -2.17. The normalized spacial score (nSPS) is 12.3. The van der Waals surface area contributed by atoms with E-state index < -0.39 is 5.97 Å². The maximum absolute atomic E-state index is 11.6. The quantitative estimate of drug-likeness (QED) is 0.824. The number of methoxy groups -OCH3 is 1. The molecule has 0 amide bonds. The summed E-state index contributed by atoms with van der Waals surface area (Å²) in [6, 6.07) is 3.72. The van der Waals surface area contributed by atoms with Gasteiger partial charge in [-0.1, -0.05) is 41.5 Å². The first kappa shape index (κ1) is 18.0. The summed E-state index contributed by atoms with van der Waals surface area (Å²) in [7, 11) is 1.30. The molecule has 130 valence electrons. The number of ether oxygens (including phenoxy) is 1. The van der Waals surface area contributed by atoms with Gasteiger partial charge in [-0.3, -0.25) is 0 Å². The van der Waals surface area contributed by atoms with Crippen molar-refractivity contribution in [3.8, 4) is 17.2 Å². The molecule has 24 heavy (non-hydrogen) atoms. The van der Waals surface area contributed by atoms with Crippen molar-refractivity contribution >= 4 is 5.97 Å². The lowest BCUT2D eigenvalue weighted by Gasteiger charge is -2.27. The maximum Gasteiger partial charge on any atom is 0.360 e. The first-order chi connectivity index (χ1) is 10.9. The molecule has 5 heteroatoms. The number of rotatable bonds is 2. The zero-order valence-corrected chi connectivity index (χ0v) is 15.4. The molecule has 0 saturated carbocycles. The van der Waals surface area contributed by atoms with Crippen molar-refractivity contribution in [2.75, 3.05) is 7.11 Å². The van der Waals surface area contributed by atoms with Crippen LogP contribution in [0.4, 0.5) is 0 Å². The van der Waals surface area contributed by atoms with Crippen LogP contribution in [-0.4, -0.2) is 23.2 Å². The zero-order valence-electron chi connectivity index (χ0n) is 15.4. The molecule has 5 nitrogen and oxygen atoms in total. The van der Waals surface area contributed by atoms with Gasteiger partial charge in [0.25, 0.3) is 0 Å². The highest BCUT2D eigenvalue weighted by Crippen LogP contribution is 2.41. The molecule has 1 aromatic heterocycles. The number of hydrogen-bond donors (Lipinski definition) is 1. The van der Waals surface area contributed by atoms with Crippen LogP contribution in [0.3, 0.4) is 0 Å². The van der Waals surface area contributed by atoms with Gasteiger partial charge in [0.1, 0.15) is 12.0 Å². The molecule has 1 N–H and O–H groups in total. The average molecular weight is 331 g/mol. The molecule has 0 aliphatic heterocycles. The summed E-state index contributed by atoms with van der Waals surface area (Å²) in [5.74, 6) is 0.0702. The Labute approximate surface area is 142 Å². The SMILES string of the molecule is COC(=O)c1coc(-c2cc(C(C)(C)C)c(O)c(C(C)(C)C)c2)n1. The number of nitrogens with zero attached hydrogens (tertiary/aromatic N) is 1. The number of phenolic OH excluding ortho intramolecular Hbond substituents is 1. The molecule has 2 aromatic rings. The van der Waals surface area contributed by atoms with Gasteiger partial charge in [-0.25, -0.2) is 9.78 Å². The Morgan fingerprint density at radius 3 is 2.00 bits per heavy atom. The number of carbonyl (C=O) groups excluding carboxylic acids is 1. The van der Waals surface area contributed by atoms with Crippen LogP contribution in [-0.2, 0) is 15.6 Å². The van der Waals surface area contributed by atoms with Crippen LogP contribution in [0.15, 0.2) is 22.8 Å². The van der Waals surface area contributed by atoms with E-state index in [4.69, 9.17) is 4.42 Å². The number of aromatic hydroxyl groups is 1. The van der Waals surface area contributed by atoms with Gasteiger partial charge in [0.2, 0.25) is 5.89 Å². The minimum atomic E-state index is -0.545. The molecule has 0 atom stereocenters. The van der Waals surface area contributed by atoms with E-state index in [0.717, 1.165) is 16.7 Å². The van der Waals surface area contributed by atoms with Gasteiger partial charge in [-0.15, -0.1) is 0 Å². The minimum Gasteiger partial charge on any atom is -0.507 e. The molecule has 0 unspecified atom stereocenters. The molecule has 0 fully saturated rings. The van der Waals surface area contributed by atoms with E-state index >= 15 is 0 Å². The Bertz CT molecular complexity index is 725. The first-order valence-electron chi connectivity index (χ1n) is 7.87. The summed E-state index contributed by atoms with van der Waals surface area (Å²) in [6.45, 7) is 12.2. The Hall–Kier alpha value is -2.30. The van der Waals surface area contributed by atoms with Crippen LogP contribution >= 0.6 is 0 Å². The second-order valence-electron chi connectivity index (χ2n) is 7.95. The second-order valence-corrected chi connectivity index (χ2v) is 7.95. The number of esters is 1. The van der Waals surface area contributed by atoms with Gasteiger partial charge in [0.05, 0.1) is 7.11 Å². The minimum absolute atomic E-state index is 0.121. The predicted octanol–water partition coefficient (Wildman–Crippen LogP) is 4.43. The van der Waals surface area contributed by atoms with Gasteiger partial charge < -0.3 is 14.3 Å². The fourth-order valence-corrected chi connectivity index (χ4v) is 2.51. The van der Waals surface area contributed by atoms with E-state index in [1.165, 1.54) is 13.4 Å². The topological polar surface area (TPSA) is 72.6 Å². The van der Waals surface area contributed by atoms with Crippen molar-refractivity contribution in [1.29, 1.82) is 0 Å². The van der Waals surface area contributed by atoms with Crippen LogP contribution in [0.1, 0.15) is 63.2 Å². The molecule has 2 rings (SSSR count). The predicted molar refractivity (Wildman–Crippen MR) is 92.3 cm³/mol. The third kappa shape index (κ3) is 3.45. The van der Waals surface area contributed by atoms with E-state index in [9.17, 15) is 9.90 Å². The Morgan fingerprint density at radius 2 is 1.58 bits per heavy atom. The smallest absolute Gasteiger partial charge is 0.360 e. The van der Waals surface area contributed by atoms with Crippen LogP contribution < -0.4 is 0 Å². The molecule has 1 aromatic carbocycles. The average Bonchev–Trinajstić information content (AvgIpc) is 2.94. The summed E-state index contributed by atoms with van der Waals surface area (Å²) in [5.41, 5.74) is 1.95. The fourth-order valence-electron chi connectivity index (χ4n) is 2.51. The van der Waals surface area contributed by atoms with Crippen molar-refractivity contribution in [1.82, 2.24) is 4.98 Å². The third-order valence-corrected chi connectivity index (χ3v) is 3.87. The fraction of sp³-hybridized carbons (Fsp3) is 0.474. The first-order valence-corrected chi connectivity index (χ1v) is 7.87. The number of benzene rings is 1. The van der Waals surface area contributed by atoms with E-state index in [0.29, 0.717) is 11.6 Å². The summed E-state index contributed by atoms with van der Waals surface area (Å²) < 4.78 is 10.1. The number of phenols is 1. The number of oxazole rings is 1. The second kappa shape index (κ2) is 5.96. The summed E-state index contributed by atoms with van der Waals surface area (Å²) >= 11 is 0. The number of hydrogen-bond acceptors (Lipinski definition) is 5. The maximum atomic E-state index is 11.6. The van der Waals surface area contributed by atoms with Gasteiger partial charge in [0.15, 0.2) is 5.69 Å². The third-order valence-electron chi connectivity index (χ3n) is 3.87. The highest BCUT2D eigenvalue weighted by molar-refractivity contribution is 5.87. The summed E-state index contributed by atoms with van der Waals surface area (Å²) in [5, 5.41) is 10.7. The van der Waals surface area contributed by atoms with Crippen molar-refractivity contribution in [3.63, 3.8) is 0 Å². The monoisotopic (exact) mass is 331 g/mol. The molecule has 1 heterocycles. The van der Waals surface area contributed by atoms with Crippen LogP contribution in [0.25, 0.3) is 11.5 Å². The lowest BCUT2D eigenvalue weighted by molar-refractivity contribution is 0.0594. The van der Waals surface area contributed by atoms with E-state index in [1.807, 2.05) is 53.7 Å². The van der Waals surface area contributed by atoms with Crippen molar-refractivity contribution < 1.29 is 19.1 Å². The molecular weight excluding hydrogens is 306 g/mol. The number of carbonyl (C=O) groups is 1. The van der Waals surface area contributed by atoms with E-state index in [-0.39, 0.29) is 16.5 Å². The Balaban J connectivity index is 2.67. The molecule has 0 aliphatic rings. The molecule has 0 spiro atoms. The van der Waals surface area contributed by atoms with Crippen molar-refractivity contribution in [2.45, 2.75) is 52.4 Å². The largest absolute Gasteiger partial charge is 0.507 e. The lowest BCUT2D eigenvalue weighted by atomic mass is 9.78. The van der Waals surface area contributed by atoms with Crippen LogP contribution in [0, 0.1) is 0 Å². The Morgan fingerprint density at radius 1 is 1.08 bits per heavy atom.